The third-order valence-corrected chi connectivity index (χ3v) is 6.86. The number of aryl methyl sites for hydroxylation is 1. The Morgan fingerprint density at radius 2 is 1.91 bits per heavy atom. The van der Waals surface area contributed by atoms with Gasteiger partial charge in [-0.25, -0.2) is 15.0 Å². The summed E-state index contributed by atoms with van der Waals surface area (Å²) in [5.41, 5.74) is 4.08. The van der Waals surface area contributed by atoms with Crippen LogP contribution in [0.2, 0.25) is 5.15 Å². The molecule has 9 heteroatoms. The minimum absolute atomic E-state index is 0.123. The van der Waals surface area contributed by atoms with Crippen LogP contribution in [0.5, 0.6) is 0 Å². The lowest BCUT2D eigenvalue weighted by atomic mass is 9.81. The van der Waals surface area contributed by atoms with Crippen molar-refractivity contribution in [3.05, 3.63) is 81.4 Å². The first-order valence-corrected chi connectivity index (χ1v) is 11.9. The molecule has 0 spiro atoms. The normalized spacial score (nSPS) is 14.2. The molecule has 3 aromatic heterocycles. The molecule has 1 aliphatic rings. The molecule has 1 saturated carbocycles. The van der Waals surface area contributed by atoms with E-state index in [2.05, 4.69) is 31.7 Å². The summed E-state index contributed by atoms with van der Waals surface area (Å²) in [5.74, 6) is 1.25. The highest BCUT2D eigenvalue weighted by molar-refractivity contribution is 6.31. The molecule has 0 bridgehead atoms. The summed E-state index contributed by atoms with van der Waals surface area (Å²) >= 11 is 6.07. The standard InChI is InChI=1S/C26H24ClN7O/c1-15(26-30-13-17(14-31-26)16-4-3-5-16)32-22-11-24(35)34(2)23-7-6-18(10-19(22)23)33-21-8-9-29-25(27)20(21)12-28/h6-11,13-16,32H,3-5H2,1-2H3,(H,29,33). The molecule has 176 valence electrons. The minimum Gasteiger partial charge on any atom is -0.375 e. The highest BCUT2D eigenvalue weighted by atomic mass is 35.5. The molecule has 1 atom stereocenters. The van der Waals surface area contributed by atoms with Crippen LogP contribution in [0.3, 0.4) is 0 Å². The third-order valence-electron chi connectivity index (χ3n) is 6.57. The van der Waals surface area contributed by atoms with Gasteiger partial charge >= 0.3 is 0 Å². The lowest BCUT2D eigenvalue weighted by Crippen LogP contribution is -2.19. The van der Waals surface area contributed by atoms with E-state index in [0.29, 0.717) is 23.1 Å². The van der Waals surface area contributed by atoms with Crippen LogP contribution in [-0.4, -0.2) is 19.5 Å². The van der Waals surface area contributed by atoms with E-state index in [0.717, 1.165) is 16.6 Å². The number of halogens is 1. The Balaban J connectivity index is 1.47. The van der Waals surface area contributed by atoms with Gasteiger partial charge < -0.3 is 15.2 Å². The van der Waals surface area contributed by atoms with Crippen molar-refractivity contribution in [1.82, 2.24) is 19.5 Å². The van der Waals surface area contributed by atoms with Gasteiger partial charge in [0.25, 0.3) is 5.56 Å². The number of hydrogen-bond donors (Lipinski definition) is 2. The van der Waals surface area contributed by atoms with Crippen LogP contribution in [0.25, 0.3) is 10.9 Å². The molecule has 1 aromatic carbocycles. The molecule has 8 nitrogen and oxygen atoms in total. The quantitative estimate of drug-likeness (QED) is 0.350. The van der Waals surface area contributed by atoms with Gasteiger partial charge in [0.15, 0.2) is 0 Å². The molecule has 2 N–H and O–H groups in total. The average molecular weight is 486 g/mol. The van der Waals surface area contributed by atoms with Gasteiger partial charge in [-0.05, 0) is 55.5 Å². The molecule has 1 fully saturated rings. The van der Waals surface area contributed by atoms with E-state index in [-0.39, 0.29) is 22.3 Å². The zero-order valence-electron chi connectivity index (χ0n) is 19.4. The number of fused-ring (bicyclic) bond motifs is 1. The first-order valence-electron chi connectivity index (χ1n) is 11.5. The Hall–Kier alpha value is -3.96. The molecule has 3 heterocycles. The Bertz CT molecular complexity index is 1500. The zero-order chi connectivity index (χ0) is 24.5. The van der Waals surface area contributed by atoms with E-state index in [1.54, 1.807) is 29.9 Å². The first kappa shape index (κ1) is 22.8. The van der Waals surface area contributed by atoms with Gasteiger partial charge in [-0.3, -0.25) is 4.79 Å². The fraction of sp³-hybridized carbons (Fsp3) is 0.269. The van der Waals surface area contributed by atoms with Crippen LogP contribution in [0.15, 0.2) is 53.7 Å². The summed E-state index contributed by atoms with van der Waals surface area (Å²) in [6.07, 6.45) is 9.05. The van der Waals surface area contributed by atoms with Crippen LogP contribution in [0, 0.1) is 11.3 Å². The largest absolute Gasteiger partial charge is 0.375 e. The number of anilines is 3. The smallest absolute Gasteiger partial charge is 0.252 e. The maximum Gasteiger partial charge on any atom is 0.252 e. The number of nitrogens with zero attached hydrogens (tertiary/aromatic N) is 5. The van der Waals surface area contributed by atoms with E-state index in [1.807, 2.05) is 37.5 Å². The monoisotopic (exact) mass is 485 g/mol. The Morgan fingerprint density at radius 3 is 2.60 bits per heavy atom. The van der Waals surface area contributed by atoms with Crippen molar-refractivity contribution in [3.8, 4) is 6.07 Å². The molecule has 0 amide bonds. The second-order valence-corrected chi connectivity index (χ2v) is 9.17. The minimum atomic E-state index is -0.207. The lowest BCUT2D eigenvalue weighted by Gasteiger charge is -2.25. The molecule has 4 aromatic rings. The maximum absolute atomic E-state index is 12.6. The summed E-state index contributed by atoms with van der Waals surface area (Å²) in [4.78, 5) is 25.8. The molecule has 5 rings (SSSR count). The molecule has 0 radical (unpaired) electrons. The Kier molecular flexibility index (Phi) is 6.10. The van der Waals surface area contributed by atoms with Crippen LogP contribution in [0.4, 0.5) is 17.1 Å². The Labute approximate surface area is 207 Å². The van der Waals surface area contributed by atoms with Gasteiger partial charge in [0, 0.05) is 48.5 Å². The molecule has 0 aliphatic heterocycles. The van der Waals surface area contributed by atoms with Crippen molar-refractivity contribution >= 4 is 39.6 Å². The SMILES string of the molecule is CC(Nc1cc(=O)n(C)c2ccc(Nc3ccnc(Cl)c3C#N)cc12)c1ncc(C2CCC2)cn1. The van der Waals surface area contributed by atoms with Crippen molar-refractivity contribution in [2.45, 2.75) is 38.1 Å². The van der Waals surface area contributed by atoms with Gasteiger partial charge in [0.05, 0.1) is 17.2 Å². The van der Waals surface area contributed by atoms with Gasteiger partial charge in [-0.2, -0.15) is 5.26 Å². The van der Waals surface area contributed by atoms with Crippen LogP contribution in [-0.2, 0) is 7.05 Å². The fourth-order valence-corrected chi connectivity index (χ4v) is 4.48. The van der Waals surface area contributed by atoms with Crippen LogP contribution >= 0.6 is 11.6 Å². The number of aromatic nitrogens is 4. The Morgan fingerprint density at radius 1 is 1.14 bits per heavy atom. The summed E-state index contributed by atoms with van der Waals surface area (Å²) in [6.45, 7) is 1.97. The molecule has 1 unspecified atom stereocenters. The van der Waals surface area contributed by atoms with Crippen molar-refractivity contribution in [3.63, 3.8) is 0 Å². The van der Waals surface area contributed by atoms with Gasteiger partial charge in [-0.1, -0.05) is 18.0 Å². The van der Waals surface area contributed by atoms with Crippen molar-refractivity contribution in [2.75, 3.05) is 10.6 Å². The lowest BCUT2D eigenvalue weighted by molar-refractivity contribution is 0.417. The van der Waals surface area contributed by atoms with Gasteiger partial charge in [-0.15, -0.1) is 0 Å². The van der Waals surface area contributed by atoms with E-state index >= 15 is 0 Å². The summed E-state index contributed by atoms with van der Waals surface area (Å²) in [7, 11) is 1.74. The van der Waals surface area contributed by atoms with Crippen molar-refractivity contribution in [2.24, 2.45) is 7.05 Å². The van der Waals surface area contributed by atoms with E-state index in [9.17, 15) is 10.1 Å². The van der Waals surface area contributed by atoms with Crippen molar-refractivity contribution in [1.29, 1.82) is 5.26 Å². The highest BCUT2D eigenvalue weighted by Crippen LogP contribution is 2.36. The predicted molar refractivity (Wildman–Crippen MR) is 137 cm³/mol. The average Bonchev–Trinajstić information content (AvgIpc) is 2.82. The number of nitriles is 1. The number of rotatable bonds is 6. The van der Waals surface area contributed by atoms with Gasteiger partial charge in [0.2, 0.25) is 0 Å². The first-order chi connectivity index (χ1) is 16.9. The molecule has 1 aliphatic carbocycles. The number of pyridine rings is 2. The molecule has 35 heavy (non-hydrogen) atoms. The number of benzene rings is 1. The van der Waals surface area contributed by atoms with Crippen LogP contribution < -0.4 is 16.2 Å². The molecular formula is C26H24ClN7O. The van der Waals surface area contributed by atoms with Crippen molar-refractivity contribution < 1.29 is 0 Å². The summed E-state index contributed by atoms with van der Waals surface area (Å²) in [6, 6.07) is 10.8. The second kappa shape index (κ2) is 9.35. The summed E-state index contributed by atoms with van der Waals surface area (Å²) < 4.78 is 1.60. The third kappa shape index (κ3) is 4.43. The fourth-order valence-electron chi connectivity index (χ4n) is 4.28. The highest BCUT2D eigenvalue weighted by Gasteiger charge is 2.21. The number of hydrogen-bond acceptors (Lipinski definition) is 7. The van der Waals surface area contributed by atoms with E-state index in [4.69, 9.17) is 11.6 Å². The maximum atomic E-state index is 12.6. The molecule has 0 saturated heterocycles. The van der Waals surface area contributed by atoms with E-state index < -0.39 is 0 Å². The van der Waals surface area contributed by atoms with E-state index in [1.165, 1.54) is 24.8 Å². The zero-order valence-corrected chi connectivity index (χ0v) is 20.2. The van der Waals surface area contributed by atoms with Crippen LogP contribution in [0.1, 0.15) is 55.1 Å². The van der Waals surface area contributed by atoms with Gasteiger partial charge in [0.1, 0.15) is 22.6 Å². The summed E-state index contributed by atoms with van der Waals surface area (Å²) in [5, 5.41) is 17.1. The topological polar surface area (TPSA) is 109 Å². The number of nitrogens with one attached hydrogen (secondary N) is 2. The molecular weight excluding hydrogens is 462 g/mol. The predicted octanol–water partition coefficient (Wildman–Crippen LogP) is 5.43. The second-order valence-electron chi connectivity index (χ2n) is 8.82.